The van der Waals surface area contributed by atoms with Crippen LogP contribution >= 0.6 is 0 Å². The Balaban J connectivity index is 0.000000250. The van der Waals surface area contributed by atoms with Gasteiger partial charge in [0.1, 0.15) is 11.6 Å². The van der Waals surface area contributed by atoms with Gasteiger partial charge in [-0.3, -0.25) is 24.0 Å². The summed E-state index contributed by atoms with van der Waals surface area (Å²) in [7, 11) is 0. The zero-order chi connectivity index (χ0) is 35.8. The molecule has 9 heteroatoms. The van der Waals surface area contributed by atoms with Gasteiger partial charge in [-0.1, -0.05) is 91.0 Å². The minimum absolute atomic E-state index is 0.0601. The average molecular weight is 656 g/mol. The first-order chi connectivity index (χ1) is 22.7. The summed E-state index contributed by atoms with van der Waals surface area (Å²) in [4.78, 5) is 56.1. The van der Waals surface area contributed by atoms with E-state index in [1.54, 1.807) is 44.2 Å². The van der Waals surface area contributed by atoms with Gasteiger partial charge in [0.25, 0.3) is 0 Å². The maximum Gasteiger partial charge on any atom is 0.313 e. The van der Waals surface area contributed by atoms with Crippen LogP contribution in [-0.2, 0) is 45.0 Å². The van der Waals surface area contributed by atoms with Crippen LogP contribution < -0.4 is 0 Å². The standard InChI is InChI=1S/C14H17NO2.C13H14O2.C12H14O4/c1-3-17-13(16)9-10-14(2,11-15)12-7-5-4-6-8-12;1-13(10-5-3-2-4-6-10)8-7-11(14)9-12(13)15;1-12(11(15)16,8-7-10(13)14)9-5-3-2-4-6-9/h4-8H,3,9-10H2,1-2H3;2-6H,7-9H2,1H3;2-6H,7-8H2,1H3,(H,13,14)(H,15,16). The molecule has 9 nitrogen and oxygen atoms in total. The summed E-state index contributed by atoms with van der Waals surface area (Å²) in [6.07, 6.45) is 1.95. The molecule has 0 bridgehead atoms. The van der Waals surface area contributed by atoms with E-state index in [1.807, 2.05) is 74.5 Å². The number of carboxylic acids is 2. The first kappa shape index (κ1) is 39.1. The fourth-order valence-corrected chi connectivity index (χ4v) is 5.30. The second kappa shape index (κ2) is 18.3. The van der Waals surface area contributed by atoms with E-state index < -0.39 is 28.2 Å². The van der Waals surface area contributed by atoms with E-state index in [1.165, 1.54) is 0 Å². The predicted octanol–water partition coefficient (Wildman–Crippen LogP) is 6.97. The third-order valence-electron chi connectivity index (χ3n) is 8.80. The Hall–Kier alpha value is -5.10. The topological polar surface area (TPSA) is 159 Å². The van der Waals surface area contributed by atoms with Crippen molar-refractivity contribution in [2.24, 2.45) is 0 Å². The monoisotopic (exact) mass is 655 g/mol. The lowest BCUT2D eigenvalue weighted by Gasteiger charge is -2.31. The lowest BCUT2D eigenvalue weighted by Crippen LogP contribution is -2.38. The van der Waals surface area contributed by atoms with Crippen LogP contribution in [0.25, 0.3) is 0 Å². The van der Waals surface area contributed by atoms with Crippen molar-refractivity contribution in [1.29, 1.82) is 5.26 Å². The first-order valence-corrected chi connectivity index (χ1v) is 16.0. The lowest BCUT2D eigenvalue weighted by atomic mass is 9.70. The van der Waals surface area contributed by atoms with Crippen molar-refractivity contribution < 1.29 is 38.9 Å². The Labute approximate surface area is 282 Å². The van der Waals surface area contributed by atoms with Crippen molar-refractivity contribution >= 4 is 29.5 Å². The van der Waals surface area contributed by atoms with Crippen LogP contribution in [0.1, 0.15) is 89.3 Å². The molecule has 3 aromatic carbocycles. The van der Waals surface area contributed by atoms with E-state index in [2.05, 4.69) is 6.07 Å². The van der Waals surface area contributed by atoms with E-state index in [4.69, 9.17) is 9.84 Å². The molecule has 1 fully saturated rings. The number of hydrogen-bond donors (Lipinski definition) is 2. The van der Waals surface area contributed by atoms with Gasteiger partial charge in [0, 0.05) is 19.3 Å². The molecule has 48 heavy (non-hydrogen) atoms. The second-order valence-electron chi connectivity index (χ2n) is 12.3. The van der Waals surface area contributed by atoms with E-state index >= 15 is 0 Å². The Kier molecular flexibility index (Phi) is 14.9. The van der Waals surface area contributed by atoms with Crippen LogP contribution in [0.2, 0.25) is 0 Å². The maximum atomic E-state index is 11.9. The summed E-state index contributed by atoms with van der Waals surface area (Å²) in [5, 5.41) is 27.1. The maximum absolute atomic E-state index is 11.9. The average Bonchev–Trinajstić information content (AvgIpc) is 3.09. The molecule has 254 valence electrons. The second-order valence-corrected chi connectivity index (χ2v) is 12.3. The molecule has 0 radical (unpaired) electrons. The zero-order valence-electron chi connectivity index (χ0n) is 28.1. The molecule has 3 atom stereocenters. The number of nitriles is 1. The normalized spacial score (nSPS) is 17.8. The van der Waals surface area contributed by atoms with Gasteiger partial charge < -0.3 is 14.9 Å². The van der Waals surface area contributed by atoms with E-state index in [0.717, 1.165) is 11.1 Å². The van der Waals surface area contributed by atoms with Gasteiger partial charge >= 0.3 is 17.9 Å². The van der Waals surface area contributed by atoms with Gasteiger partial charge in [-0.15, -0.1) is 0 Å². The summed E-state index contributed by atoms with van der Waals surface area (Å²) in [6.45, 7) is 7.50. The predicted molar refractivity (Wildman–Crippen MR) is 181 cm³/mol. The third-order valence-corrected chi connectivity index (χ3v) is 8.80. The number of nitrogens with zero attached hydrogens (tertiary/aromatic N) is 1. The molecule has 2 N–H and O–H groups in total. The minimum Gasteiger partial charge on any atom is -0.481 e. The smallest absolute Gasteiger partial charge is 0.313 e. The molecular weight excluding hydrogens is 610 g/mol. The fourth-order valence-electron chi connectivity index (χ4n) is 5.30. The van der Waals surface area contributed by atoms with Gasteiger partial charge in [0.2, 0.25) is 0 Å². The number of aliphatic carboxylic acids is 2. The number of carboxylic acid groups (broad SMARTS) is 2. The van der Waals surface area contributed by atoms with E-state index in [9.17, 15) is 34.3 Å². The molecule has 3 aromatic rings. The largest absolute Gasteiger partial charge is 0.481 e. The number of ketones is 2. The highest BCUT2D eigenvalue weighted by molar-refractivity contribution is 6.06. The van der Waals surface area contributed by atoms with Gasteiger partial charge in [0.05, 0.1) is 35.3 Å². The van der Waals surface area contributed by atoms with Crippen molar-refractivity contribution in [3.05, 3.63) is 108 Å². The molecule has 3 unspecified atom stereocenters. The summed E-state index contributed by atoms with van der Waals surface area (Å²) >= 11 is 0. The number of ether oxygens (including phenoxy) is 1. The van der Waals surface area contributed by atoms with Crippen LogP contribution in [0.3, 0.4) is 0 Å². The number of rotatable bonds is 11. The quantitative estimate of drug-likeness (QED) is 0.164. The highest BCUT2D eigenvalue weighted by Gasteiger charge is 2.39. The third kappa shape index (κ3) is 11.0. The number of Topliss-reactive ketones (excluding diaryl/α,β-unsaturated/α-hetero) is 2. The molecule has 0 heterocycles. The van der Waals surface area contributed by atoms with Crippen molar-refractivity contribution in [1.82, 2.24) is 0 Å². The molecule has 1 aliphatic rings. The Morgan fingerprint density at radius 1 is 0.833 bits per heavy atom. The minimum atomic E-state index is -1.14. The van der Waals surface area contributed by atoms with Gasteiger partial charge in [0.15, 0.2) is 0 Å². The van der Waals surface area contributed by atoms with Gasteiger partial charge in [-0.25, -0.2) is 0 Å². The molecular formula is C39H45NO8. The number of carbonyl (C=O) groups is 5. The van der Waals surface area contributed by atoms with E-state index in [-0.39, 0.29) is 43.2 Å². The molecule has 0 amide bonds. The summed E-state index contributed by atoms with van der Waals surface area (Å²) in [5.74, 6) is -2.09. The zero-order valence-corrected chi connectivity index (χ0v) is 28.1. The van der Waals surface area contributed by atoms with Crippen LogP contribution in [0.4, 0.5) is 0 Å². The Morgan fingerprint density at radius 2 is 1.35 bits per heavy atom. The highest BCUT2D eigenvalue weighted by atomic mass is 16.5. The van der Waals surface area contributed by atoms with Crippen molar-refractivity contribution in [3.63, 3.8) is 0 Å². The molecule has 0 saturated heterocycles. The van der Waals surface area contributed by atoms with Crippen molar-refractivity contribution in [2.45, 2.75) is 88.9 Å². The number of benzene rings is 3. The molecule has 1 aliphatic carbocycles. The summed E-state index contributed by atoms with van der Waals surface area (Å²) in [6, 6.07) is 30.2. The highest BCUT2D eigenvalue weighted by Crippen LogP contribution is 2.35. The number of esters is 1. The van der Waals surface area contributed by atoms with Gasteiger partial charge in [-0.05, 0) is 63.6 Å². The SMILES string of the molecule is CC(CCC(=O)O)(C(=O)O)c1ccccc1.CC1(c2ccccc2)CCC(=O)CC1=O.CCOC(=O)CCC(C)(C#N)c1ccccc1. The summed E-state index contributed by atoms with van der Waals surface area (Å²) < 4.78 is 4.87. The fraction of sp³-hybridized carbons (Fsp3) is 0.385. The molecule has 0 aliphatic heterocycles. The van der Waals surface area contributed by atoms with Crippen LogP contribution in [0, 0.1) is 11.3 Å². The molecule has 0 spiro atoms. The summed E-state index contributed by atoms with van der Waals surface area (Å²) in [5.41, 5.74) is 0.376. The van der Waals surface area contributed by atoms with Crippen molar-refractivity contribution in [3.8, 4) is 6.07 Å². The molecule has 1 saturated carbocycles. The van der Waals surface area contributed by atoms with Gasteiger partial charge in [-0.2, -0.15) is 5.26 Å². The number of carbonyl (C=O) groups excluding carboxylic acids is 3. The lowest BCUT2D eigenvalue weighted by molar-refractivity contribution is -0.145. The molecule has 0 aromatic heterocycles. The van der Waals surface area contributed by atoms with Crippen LogP contribution in [0.5, 0.6) is 0 Å². The molecule has 4 rings (SSSR count). The van der Waals surface area contributed by atoms with Crippen LogP contribution in [0.15, 0.2) is 91.0 Å². The van der Waals surface area contributed by atoms with Crippen molar-refractivity contribution in [2.75, 3.05) is 6.61 Å². The van der Waals surface area contributed by atoms with Crippen LogP contribution in [-0.4, -0.2) is 46.3 Å². The number of hydrogen-bond acceptors (Lipinski definition) is 7. The Bertz CT molecular complexity index is 1570. The van der Waals surface area contributed by atoms with E-state index in [0.29, 0.717) is 31.4 Å². The first-order valence-electron chi connectivity index (χ1n) is 16.0. The Morgan fingerprint density at radius 3 is 1.81 bits per heavy atom.